The van der Waals surface area contributed by atoms with E-state index in [4.69, 9.17) is 14.2 Å². The van der Waals surface area contributed by atoms with Gasteiger partial charge in [-0.25, -0.2) is 9.59 Å². The fourth-order valence-electron chi connectivity index (χ4n) is 4.32. The van der Waals surface area contributed by atoms with E-state index in [1.807, 2.05) is 54.6 Å². The molecule has 0 radical (unpaired) electrons. The smallest absolute Gasteiger partial charge is 0.333 e. The van der Waals surface area contributed by atoms with Gasteiger partial charge in [0.25, 0.3) is 0 Å². The van der Waals surface area contributed by atoms with Crippen LogP contribution in [0.3, 0.4) is 0 Å². The number of carbonyl (C=O) groups is 2. The van der Waals surface area contributed by atoms with Crippen molar-refractivity contribution in [1.82, 2.24) is 0 Å². The molecule has 0 fully saturated rings. The third-order valence-electron chi connectivity index (χ3n) is 6.59. The third kappa shape index (κ3) is 9.19. The SMILES string of the molecule is C=C(C)C(=O)OCCOc1cc(CCCCC)cc(COC(=O)C(=C)C)c1-c1ccc(-c2ccc(CO)cc2)cc1. The van der Waals surface area contributed by atoms with Gasteiger partial charge in [-0.15, -0.1) is 0 Å². The molecule has 3 aromatic rings. The van der Waals surface area contributed by atoms with Crippen molar-refractivity contribution < 1.29 is 28.9 Å². The number of aryl methyl sites for hydroxylation is 1. The monoisotopic (exact) mass is 556 g/mol. The maximum absolute atomic E-state index is 12.3. The molecule has 0 saturated heterocycles. The van der Waals surface area contributed by atoms with Gasteiger partial charge in [-0.3, -0.25) is 0 Å². The summed E-state index contributed by atoms with van der Waals surface area (Å²) in [6.45, 7) is 13.0. The summed E-state index contributed by atoms with van der Waals surface area (Å²) in [5.41, 5.74) is 7.19. The number of esters is 2. The van der Waals surface area contributed by atoms with E-state index < -0.39 is 11.9 Å². The number of benzene rings is 3. The Labute approximate surface area is 243 Å². The number of rotatable bonds is 15. The van der Waals surface area contributed by atoms with Crippen LogP contribution < -0.4 is 4.74 Å². The van der Waals surface area contributed by atoms with E-state index in [1.165, 1.54) is 0 Å². The maximum atomic E-state index is 12.3. The minimum atomic E-state index is -0.461. The number of hydrogen-bond donors (Lipinski definition) is 1. The molecule has 0 aliphatic rings. The predicted octanol–water partition coefficient (Wildman–Crippen LogP) is 7.36. The Hall–Kier alpha value is -4.16. The van der Waals surface area contributed by atoms with Crippen LogP contribution in [0.2, 0.25) is 0 Å². The van der Waals surface area contributed by atoms with Crippen molar-refractivity contribution in [1.29, 1.82) is 0 Å². The summed E-state index contributed by atoms with van der Waals surface area (Å²) < 4.78 is 17.0. The number of carbonyl (C=O) groups excluding carboxylic acids is 2. The Balaban J connectivity index is 2.00. The Bertz CT molecular complexity index is 1350. The molecular formula is C35H40O6. The lowest BCUT2D eigenvalue weighted by Gasteiger charge is -2.19. The normalized spacial score (nSPS) is 10.6. The average molecular weight is 557 g/mol. The standard InChI is InChI=1S/C35H40O6/c1-6-7-8-9-27-20-31(23-41-35(38)25(4)5)33(32(21-27)39-18-19-40-34(37)24(2)3)30-16-14-29(15-17-30)28-12-10-26(22-36)11-13-28/h10-17,20-21,36H,2,4,6-9,18-19,22-23H2,1,3,5H3. The average Bonchev–Trinajstić information content (AvgIpc) is 2.98. The first kappa shape index (κ1) is 31.4. The van der Waals surface area contributed by atoms with Crippen LogP contribution >= 0.6 is 0 Å². The summed E-state index contributed by atoms with van der Waals surface area (Å²) >= 11 is 0. The predicted molar refractivity (Wildman–Crippen MR) is 162 cm³/mol. The molecule has 0 aromatic heterocycles. The second-order valence-corrected chi connectivity index (χ2v) is 10.1. The van der Waals surface area contributed by atoms with Crippen LogP contribution in [0, 0.1) is 0 Å². The van der Waals surface area contributed by atoms with E-state index in [2.05, 4.69) is 26.1 Å². The van der Waals surface area contributed by atoms with E-state index in [0.29, 0.717) is 16.9 Å². The molecule has 0 amide bonds. The molecule has 0 saturated carbocycles. The van der Waals surface area contributed by atoms with Crippen LogP contribution in [0.1, 0.15) is 56.7 Å². The lowest BCUT2D eigenvalue weighted by atomic mass is 9.93. The van der Waals surface area contributed by atoms with Crippen molar-refractivity contribution in [3.63, 3.8) is 0 Å². The quantitative estimate of drug-likeness (QED) is 0.120. The maximum Gasteiger partial charge on any atom is 0.333 e. The van der Waals surface area contributed by atoms with E-state index >= 15 is 0 Å². The van der Waals surface area contributed by atoms with Crippen LogP contribution in [0.4, 0.5) is 0 Å². The molecule has 0 heterocycles. The minimum Gasteiger partial charge on any atom is -0.489 e. The zero-order valence-electron chi connectivity index (χ0n) is 24.3. The highest BCUT2D eigenvalue weighted by Crippen LogP contribution is 2.37. The number of unbranched alkanes of at least 4 members (excludes halogenated alkanes) is 2. The van der Waals surface area contributed by atoms with Crippen molar-refractivity contribution in [2.45, 2.75) is 59.7 Å². The van der Waals surface area contributed by atoms with Gasteiger partial charge in [-0.05, 0) is 60.6 Å². The molecule has 3 aromatic carbocycles. The van der Waals surface area contributed by atoms with Crippen LogP contribution in [0.25, 0.3) is 22.3 Å². The Kier molecular flexibility index (Phi) is 11.9. The first-order valence-corrected chi connectivity index (χ1v) is 14.0. The van der Waals surface area contributed by atoms with Gasteiger partial charge in [0.15, 0.2) is 0 Å². The second-order valence-electron chi connectivity index (χ2n) is 10.1. The van der Waals surface area contributed by atoms with Gasteiger partial charge in [0.2, 0.25) is 0 Å². The van der Waals surface area contributed by atoms with Crippen molar-refractivity contribution in [2.75, 3.05) is 13.2 Å². The number of aliphatic hydroxyl groups is 1. The van der Waals surface area contributed by atoms with E-state index in [9.17, 15) is 14.7 Å². The summed E-state index contributed by atoms with van der Waals surface area (Å²) in [6, 6.07) is 20.0. The van der Waals surface area contributed by atoms with Gasteiger partial charge in [-0.2, -0.15) is 0 Å². The summed E-state index contributed by atoms with van der Waals surface area (Å²) in [7, 11) is 0. The van der Waals surface area contributed by atoms with E-state index in [1.54, 1.807) is 13.8 Å². The van der Waals surface area contributed by atoms with Crippen LogP contribution in [-0.2, 0) is 38.7 Å². The van der Waals surface area contributed by atoms with Gasteiger partial charge in [-0.1, -0.05) is 87.5 Å². The molecule has 0 atom stereocenters. The zero-order valence-corrected chi connectivity index (χ0v) is 24.3. The van der Waals surface area contributed by atoms with Crippen LogP contribution in [-0.4, -0.2) is 30.3 Å². The minimum absolute atomic E-state index is 0.00155. The first-order valence-electron chi connectivity index (χ1n) is 14.0. The molecule has 6 nitrogen and oxygen atoms in total. The van der Waals surface area contributed by atoms with Crippen molar-refractivity contribution in [3.05, 3.63) is 102 Å². The Morgan fingerprint density at radius 1 is 0.756 bits per heavy atom. The van der Waals surface area contributed by atoms with Gasteiger partial charge in [0, 0.05) is 22.3 Å². The number of ether oxygens (including phenoxy) is 3. The molecular weight excluding hydrogens is 516 g/mol. The zero-order chi connectivity index (χ0) is 29.8. The fraction of sp³-hybridized carbons (Fsp3) is 0.314. The fourth-order valence-corrected chi connectivity index (χ4v) is 4.32. The van der Waals surface area contributed by atoms with E-state index in [0.717, 1.165) is 64.6 Å². The summed E-state index contributed by atoms with van der Waals surface area (Å²) in [5.74, 6) is -0.285. The highest BCUT2D eigenvalue weighted by molar-refractivity contribution is 5.87. The second kappa shape index (κ2) is 15.6. The molecule has 1 N–H and O–H groups in total. The summed E-state index contributed by atoms with van der Waals surface area (Å²) in [6.07, 6.45) is 4.10. The van der Waals surface area contributed by atoms with Crippen molar-refractivity contribution >= 4 is 11.9 Å². The summed E-state index contributed by atoms with van der Waals surface area (Å²) in [4.78, 5) is 24.1. The molecule has 41 heavy (non-hydrogen) atoms. The van der Waals surface area contributed by atoms with Crippen molar-refractivity contribution in [2.24, 2.45) is 0 Å². The molecule has 216 valence electrons. The molecule has 0 unspecified atom stereocenters. The van der Waals surface area contributed by atoms with Crippen molar-refractivity contribution in [3.8, 4) is 28.0 Å². The lowest BCUT2D eigenvalue weighted by molar-refractivity contribution is -0.140. The number of hydrogen-bond acceptors (Lipinski definition) is 6. The topological polar surface area (TPSA) is 82.1 Å². The highest BCUT2D eigenvalue weighted by Gasteiger charge is 2.17. The molecule has 0 spiro atoms. The molecule has 0 aliphatic heterocycles. The van der Waals surface area contributed by atoms with Crippen LogP contribution in [0.5, 0.6) is 5.75 Å². The lowest BCUT2D eigenvalue weighted by Crippen LogP contribution is -2.13. The molecule has 6 heteroatoms. The summed E-state index contributed by atoms with van der Waals surface area (Å²) in [5, 5.41) is 9.35. The molecule has 0 bridgehead atoms. The number of aliphatic hydroxyl groups excluding tert-OH is 1. The van der Waals surface area contributed by atoms with Gasteiger partial charge >= 0.3 is 11.9 Å². The Morgan fingerprint density at radius 3 is 1.93 bits per heavy atom. The van der Waals surface area contributed by atoms with Gasteiger partial charge in [0.05, 0.1) is 6.61 Å². The Morgan fingerprint density at radius 2 is 1.34 bits per heavy atom. The van der Waals surface area contributed by atoms with Crippen LogP contribution in [0.15, 0.2) is 85.0 Å². The van der Waals surface area contributed by atoms with E-state index in [-0.39, 0.29) is 26.4 Å². The molecule has 3 rings (SSSR count). The highest BCUT2D eigenvalue weighted by atomic mass is 16.6. The van der Waals surface area contributed by atoms with Gasteiger partial charge < -0.3 is 19.3 Å². The third-order valence-corrected chi connectivity index (χ3v) is 6.59. The van der Waals surface area contributed by atoms with Gasteiger partial charge in [0.1, 0.15) is 25.6 Å². The first-order chi connectivity index (χ1) is 19.7. The molecule has 0 aliphatic carbocycles. The largest absolute Gasteiger partial charge is 0.489 e.